The Kier molecular flexibility index (Phi) is 9.64. The molecule has 0 aliphatic carbocycles. The number of aliphatic hydroxyl groups is 1. The number of nitrogens with zero attached hydrogens (tertiary/aromatic N) is 2. The minimum Gasteiger partial charge on any atom is -0.497 e. The number of methoxy groups -OCH3 is 1. The molecule has 14 heteroatoms. The largest absolute Gasteiger partial charge is 0.497 e. The highest BCUT2D eigenvalue weighted by Crippen LogP contribution is 2.32. The first-order valence-corrected chi connectivity index (χ1v) is 16.3. The molecule has 1 aliphatic rings. The molecule has 0 aromatic heterocycles. The zero-order chi connectivity index (χ0) is 31.5. The molecular weight excluding hydrogens is 601 g/mol. The molecule has 1 aliphatic heterocycles. The maximum atomic E-state index is 13.7. The molecule has 43 heavy (non-hydrogen) atoms. The predicted molar refractivity (Wildman–Crippen MR) is 158 cm³/mol. The van der Waals surface area contributed by atoms with Crippen LogP contribution in [-0.2, 0) is 20.0 Å². The fourth-order valence-corrected chi connectivity index (χ4v) is 6.84. The Morgan fingerprint density at radius 1 is 1.07 bits per heavy atom. The van der Waals surface area contributed by atoms with Gasteiger partial charge >= 0.3 is 0 Å². The predicted octanol–water partition coefficient (Wildman–Crippen LogP) is 3.18. The number of carbonyl (C=O) groups is 1. The number of anilines is 1. The Bertz CT molecular complexity index is 1670. The van der Waals surface area contributed by atoms with Crippen molar-refractivity contribution in [1.29, 1.82) is 0 Å². The highest BCUT2D eigenvalue weighted by Gasteiger charge is 2.35. The zero-order valence-electron chi connectivity index (χ0n) is 24.1. The molecule has 4 rings (SSSR count). The van der Waals surface area contributed by atoms with E-state index in [-0.39, 0.29) is 52.4 Å². The maximum Gasteiger partial charge on any atom is 0.261 e. The highest BCUT2D eigenvalue weighted by atomic mass is 32.2. The summed E-state index contributed by atoms with van der Waals surface area (Å²) in [5.41, 5.74) is 0.139. The van der Waals surface area contributed by atoms with Crippen LogP contribution in [0.15, 0.2) is 76.5 Å². The molecule has 0 unspecified atom stereocenters. The highest BCUT2D eigenvalue weighted by molar-refractivity contribution is 7.92. The van der Waals surface area contributed by atoms with Gasteiger partial charge in [0.05, 0.1) is 41.7 Å². The van der Waals surface area contributed by atoms with E-state index in [0.29, 0.717) is 5.75 Å². The van der Waals surface area contributed by atoms with Crippen molar-refractivity contribution in [3.63, 3.8) is 0 Å². The maximum absolute atomic E-state index is 13.7. The number of benzene rings is 3. The molecule has 0 saturated carbocycles. The quantitative estimate of drug-likeness (QED) is 0.346. The average Bonchev–Trinajstić information content (AvgIpc) is 2.98. The van der Waals surface area contributed by atoms with Gasteiger partial charge in [-0.25, -0.2) is 21.2 Å². The third kappa shape index (κ3) is 7.09. The molecule has 0 radical (unpaired) electrons. The molecule has 232 valence electrons. The van der Waals surface area contributed by atoms with E-state index in [2.05, 4.69) is 4.72 Å². The molecule has 0 fully saturated rings. The van der Waals surface area contributed by atoms with E-state index in [1.165, 1.54) is 73.7 Å². The van der Waals surface area contributed by atoms with E-state index >= 15 is 0 Å². The SMILES string of the molecule is COc1ccc(S(=O)(=O)Nc2ccc3c(c2)C(=O)N([C@H](C)CO)C[C@H](C)[C@@H](CN(C)S(=O)(=O)c2ccc(F)cc2)O3)cc1. The van der Waals surface area contributed by atoms with E-state index in [1.807, 2.05) is 0 Å². The number of likely N-dealkylation sites (N-methyl/N-ethyl adjacent to an activating group) is 1. The number of sulfonamides is 2. The summed E-state index contributed by atoms with van der Waals surface area (Å²) < 4.78 is 80.8. The van der Waals surface area contributed by atoms with Crippen LogP contribution in [0.3, 0.4) is 0 Å². The van der Waals surface area contributed by atoms with Crippen LogP contribution in [0.25, 0.3) is 0 Å². The molecule has 1 heterocycles. The van der Waals surface area contributed by atoms with E-state index in [4.69, 9.17) is 9.47 Å². The van der Waals surface area contributed by atoms with Crippen LogP contribution in [0.2, 0.25) is 0 Å². The van der Waals surface area contributed by atoms with E-state index < -0.39 is 43.9 Å². The summed E-state index contributed by atoms with van der Waals surface area (Å²) >= 11 is 0. The number of carbonyl (C=O) groups excluding carboxylic acids is 1. The standard InChI is InChI=1S/C29H34FN3O8S2/c1-19-16-33(20(2)18-34)29(35)26-15-22(31-42(36,37)24-12-8-23(40-4)9-13-24)7-14-27(26)41-28(19)17-32(3)43(38,39)25-10-5-21(30)6-11-25/h5-15,19-20,28,31,34H,16-18H2,1-4H3/t19-,20+,28+/m0/s1. The second-order valence-electron chi connectivity index (χ2n) is 10.4. The monoisotopic (exact) mass is 635 g/mol. The Balaban J connectivity index is 1.67. The van der Waals surface area contributed by atoms with Gasteiger partial charge in [0.15, 0.2) is 0 Å². The van der Waals surface area contributed by atoms with Crippen molar-refractivity contribution in [3.8, 4) is 11.5 Å². The lowest BCUT2D eigenvalue weighted by Gasteiger charge is -2.38. The molecular formula is C29H34FN3O8S2. The summed E-state index contributed by atoms with van der Waals surface area (Å²) in [4.78, 5) is 15.1. The van der Waals surface area contributed by atoms with Gasteiger partial charge in [0, 0.05) is 25.2 Å². The van der Waals surface area contributed by atoms with E-state index in [0.717, 1.165) is 16.4 Å². The molecule has 2 N–H and O–H groups in total. The van der Waals surface area contributed by atoms with Crippen LogP contribution in [0, 0.1) is 11.7 Å². The van der Waals surface area contributed by atoms with Crippen molar-refractivity contribution in [1.82, 2.24) is 9.21 Å². The minimum absolute atomic E-state index is 0.0163. The molecule has 0 bridgehead atoms. The Morgan fingerprint density at radius 3 is 2.30 bits per heavy atom. The minimum atomic E-state index is -4.02. The van der Waals surface area contributed by atoms with Crippen LogP contribution in [-0.4, -0.2) is 83.1 Å². The lowest BCUT2D eigenvalue weighted by atomic mass is 9.99. The van der Waals surface area contributed by atoms with Crippen LogP contribution in [0.4, 0.5) is 10.1 Å². The van der Waals surface area contributed by atoms with Gasteiger partial charge in [0.1, 0.15) is 23.4 Å². The molecule has 3 aromatic carbocycles. The number of halogens is 1. The second kappa shape index (κ2) is 12.9. The number of ether oxygens (including phenoxy) is 2. The van der Waals surface area contributed by atoms with Crippen molar-refractivity contribution in [3.05, 3.63) is 78.1 Å². The summed E-state index contributed by atoms with van der Waals surface area (Å²) in [7, 11) is -5.18. The van der Waals surface area contributed by atoms with E-state index in [1.54, 1.807) is 13.8 Å². The van der Waals surface area contributed by atoms with Crippen molar-refractivity contribution < 1.29 is 40.6 Å². The molecule has 3 atom stereocenters. The molecule has 1 amide bonds. The van der Waals surface area contributed by atoms with Gasteiger partial charge in [0.2, 0.25) is 10.0 Å². The average molecular weight is 636 g/mol. The third-order valence-electron chi connectivity index (χ3n) is 7.25. The summed E-state index contributed by atoms with van der Waals surface area (Å²) in [6.45, 7) is 3.15. The van der Waals surface area contributed by atoms with Gasteiger partial charge < -0.3 is 19.5 Å². The van der Waals surface area contributed by atoms with Gasteiger partial charge in [0.25, 0.3) is 15.9 Å². The number of amides is 1. The molecule has 3 aromatic rings. The van der Waals surface area contributed by atoms with Gasteiger partial charge in [-0.2, -0.15) is 4.31 Å². The van der Waals surface area contributed by atoms with Gasteiger partial charge in [-0.15, -0.1) is 0 Å². The number of rotatable bonds is 10. The first-order valence-electron chi connectivity index (χ1n) is 13.4. The third-order valence-corrected chi connectivity index (χ3v) is 10.5. The van der Waals surface area contributed by atoms with E-state index in [9.17, 15) is 31.1 Å². The lowest BCUT2D eigenvalue weighted by molar-refractivity contribution is 0.0387. The Hall–Kier alpha value is -3.72. The van der Waals surface area contributed by atoms with Gasteiger partial charge in [-0.3, -0.25) is 9.52 Å². The van der Waals surface area contributed by atoms with Crippen molar-refractivity contribution in [2.45, 2.75) is 35.8 Å². The summed E-state index contributed by atoms with van der Waals surface area (Å²) in [6.07, 6.45) is -0.748. The van der Waals surface area contributed by atoms with Crippen molar-refractivity contribution in [2.75, 3.05) is 38.6 Å². The first-order chi connectivity index (χ1) is 20.3. The van der Waals surface area contributed by atoms with Crippen molar-refractivity contribution in [2.24, 2.45) is 5.92 Å². The Morgan fingerprint density at radius 2 is 1.70 bits per heavy atom. The first kappa shape index (κ1) is 32.2. The van der Waals surface area contributed by atoms with Crippen LogP contribution < -0.4 is 14.2 Å². The number of fused-ring (bicyclic) bond motifs is 1. The topological polar surface area (TPSA) is 143 Å². The van der Waals surface area contributed by atoms with Crippen LogP contribution >= 0.6 is 0 Å². The number of nitrogens with one attached hydrogen (secondary N) is 1. The Labute approximate surface area is 250 Å². The number of hydrogen-bond acceptors (Lipinski definition) is 8. The molecule has 0 saturated heterocycles. The zero-order valence-corrected chi connectivity index (χ0v) is 25.7. The summed E-state index contributed by atoms with van der Waals surface area (Å²) in [6, 6.07) is 13.9. The number of aliphatic hydroxyl groups excluding tert-OH is 1. The fraction of sp³-hybridized carbons (Fsp3) is 0.345. The molecule has 0 spiro atoms. The summed E-state index contributed by atoms with van der Waals surface area (Å²) in [5.74, 6) is -0.828. The lowest BCUT2D eigenvalue weighted by Crippen LogP contribution is -2.50. The fourth-order valence-electron chi connectivity index (χ4n) is 4.61. The number of hydrogen-bond donors (Lipinski definition) is 2. The molecule has 11 nitrogen and oxygen atoms in total. The van der Waals surface area contributed by atoms with Gasteiger partial charge in [-0.05, 0) is 73.7 Å². The second-order valence-corrected chi connectivity index (χ2v) is 14.1. The van der Waals surface area contributed by atoms with Crippen LogP contribution in [0.5, 0.6) is 11.5 Å². The van der Waals surface area contributed by atoms with Crippen molar-refractivity contribution >= 4 is 31.6 Å². The summed E-state index contributed by atoms with van der Waals surface area (Å²) in [5, 5.41) is 9.90. The normalized spacial score (nSPS) is 18.3. The van der Waals surface area contributed by atoms with Gasteiger partial charge in [-0.1, -0.05) is 6.92 Å². The van der Waals surface area contributed by atoms with Crippen LogP contribution in [0.1, 0.15) is 24.2 Å². The smallest absolute Gasteiger partial charge is 0.261 e.